The van der Waals surface area contributed by atoms with E-state index in [-0.39, 0.29) is 23.1 Å². The van der Waals surface area contributed by atoms with Crippen LogP contribution in [0.3, 0.4) is 0 Å². The molecule has 146 valence electrons. The summed E-state index contributed by atoms with van der Waals surface area (Å²) < 4.78 is 32.3. The third kappa shape index (κ3) is 4.20. The van der Waals surface area contributed by atoms with Crippen LogP contribution in [-0.2, 0) is 14.8 Å². The van der Waals surface area contributed by atoms with Gasteiger partial charge in [-0.05, 0) is 57.2 Å². The van der Waals surface area contributed by atoms with E-state index in [1.54, 1.807) is 25.6 Å². The lowest BCUT2D eigenvalue weighted by Gasteiger charge is -2.31. The fourth-order valence-electron chi connectivity index (χ4n) is 3.27. The van der Waals surface area contributed by atoms with Gasteiger partial charge in [0.05, 0.1) is 5.92 Å². The number of nitrogens with zero attached hydrogens (tertiary/aromatic N) is 2. The largest absolute Gasteiger partial charge is 0.360 e. The molecule has 2 aromatic rings. The molecule has 1 saturated heterocycles. The van der Waals surface area contributed by atoms with E-state index in [0.717, 1.165) is 4.90 Å². The van der Waals surface area contributed by atoms with Gasteiger partial charge in [0.25, 0.3) is 0 Å². The Morgan fingerprint density at radius 3 is 2.59 bits per heavy atom. The Morgan fingerprint density at radius 2 is 2.00 bits per heavy atom. The molecule has 3 rings (SSSR count). The predicted molar refractivity (Wildman–Crippen MR) is 104 cm³/mol. The smallest absolute Gasteiger partial charge is 0.248 e. The molecule has 9 heteroatoms. The van der Waals surface area contributed by atoms with Crippen LogP contribution in [0.1, 0.15) is 24.3 Å². The molecule has 1 aliphatic heterocycles. The molecule has 1 unspecified atom stereocenters. The second-order valence-corrected chi connectivity index (χ2v) is 9.33. The number of hydrogen-bond donors (Lipinski definition) is 1. The minimum absolute atomic E-state index is 0.108. The Labute approximate surface area is 163 Å². The van der Waals surface area contributed by atoms with Crippen LogP contribution in [0, 0.1) is 19.8 Å². The molecule has 1 fully saturated rings. The maximum atomic E-state index is 13.0. The van der Waals surface area contributed by atoms with Gasteiger partial charge in [-0.15, -0.1) is 11.8 Å². The average molecular weight is 410 g/mol. The minimum atomic E-state index is -3.73. The van der Waals surface area contributed by atoms with E-state index in [4.69, 9.17) is 4.52 Å². The number of carbonyl (C=O) groups is 1. The summed E-state index contributed by atoms with van der Waals surface area (Å²) in [5.41, 5.74) is 1.05. The third-order valence-electron chi connectivity index (χ3n) is 4.68. The molecule has 1 atom stereocenters. The number of thioether (sulfide) groups is 1. The zero-order chi connectivity index (χ0) is 19.6. The van der Waals surface area contributed by atoms with Crippen molar-refractivity contribution in [2.24, 2.45) is 5.92 Å². The molecular formula is C18H23N3O4S2. The van der Waals surface area contributed by atoms with Crippen LogP contribution in [0.5, 0.6) is 0 Å². The van der Waals surface area contributed by atoms with Crippen molar-refractivity contribution in [3.63, 3.8) is 0 Å². The lowest BCUT2D eigenvalue weighted by Crippen LogP contribution is -2.43. The molecule has 0 spiro atoms. The summed E-state index contributed by atoms with van der Waals surface area (Å²) in [7, 11) is -3.73. The first-order chi connectivity index (χ1) is 12.8. The van der Waals surface area contributed by atoms with Crippen molar-refractivity contribution in [3.05, 3.63) is 35.7 Å². The zero-order valence-corrected chi connectivity index (χ0v) is 17.2. The molecule has 1 aromatic heterocycles. The second-order valence-electron chi connectivity index (χ2n) is 6.57. The van der Waals surface area contributed by atoms with Crippen LogP contribution in [-0.4, -0.2) is 43.1 Å². The van der Waals surface area contributed by atoms with E-state index in [9.17, 15) is 13.2 Å². The molecule has 1 amide bonds. The van der Waals surface area contributed by atoms with E-state index in [2.05, 4.69) is 10.5 Å². The number of sulfonamides is 1. The lowest BCUT2D eigenvalue weighted by molar-refractivity contribution is -0.120. The van der Waals surface area contributed by atoms with Crippen LogP contribution in [0.4, 0.5) is 5.69 Å². The Morgan fingerprint density at radius 1 is 1.30 bits per heavy atom. The summed E-state index contributed by atoms with van der Waals surface area (Å²) in [5, 5.41) is 6.63. The molecule has 0 bridgehead atoms. The molecule has 27 heavy (non-hydrogen) atoms. The molecule has 0 radical (unpaired) electrons. The van der Waals surface area contributed by atoms with Crippen LogP contribution in [0.25, 0.3) is 0 Å². The van der Waals surface area contributed by atoms with Gasteiger partial charge < -0.3 is 9.84 Å². The molecule has 1 aliphatic rings. The zero-order valence-electron chi connectivity index (χ0n) is 15.6. The fraction of sp³-hybridized carbons (Fsp3) is 0.444. The van der Waals surface area contributed by atoms with Gasteiger partial charge in [-0.25, -0.2) is 8.42 Å². The van der Waals surface area contributed by atoms with Crippen LogP contribution in [0.15, 0.2) is 38.6 Å². The number of piperidine rings is 1. The van der Waals surface area contributed by atoms with Gasteiger partial charge in [0, 0.05) is 23.7 Å². The Bertz CT molecular complexity index is 903. The second kappa shape index (κ2) is 8.04. The normalized spacial score (nSPS) is 18.4. The number of amides is 1. The van der Waals surface area contributed by atoms with Gasteiger partial charge in [0.15, 0.2) is 5.76 Å². The van der Waals surface area contributed by atoms with Gasteiger partial charge in [-0.3, -0.25) is 4.79 Å². The number of carbonyl (C=O) groups excluding carboxylic acids is 1. The quantitative estimate of drug-likeness (QED) is 0.763. The van der Waals surface area contributed by atoms with E-state index >= 15 is 0 Å². The summed E-state index contributed by atoms with van der Waals surface area (Å²) >= 11 is 1.63. The third-order valence-corrected chi connectivity index (χ3v) is 7.53. The van der Waals surface area contributed by atoms with Gasteiger partial charge >= 0.3 is 0 Å². The first-order valence-electron chi connectivity index (χ1n) is 8.71. The van der Waals surface area contributed by atoms with Crippen molar-refractivity contribution in [3.8, 4) is 0 Å². The Balaban J connectivity index is 1.72. The van der Waals surface area contributed by atoms with Crippen molar-refractivity contribution >= 4 is 33.4 Å². The number of benzene rings is 1. The fourth-order valence-corrected chi connectivity index (χ4v) is 5.49. The van der Waals surface area contributed by atoms with Crippen molar-refractivity contribution in [1.29, 1.82) is 0 Å². The highest BCUT2D eigenvalue weighted by atomic mass is 32.2. The SMILES string of the molecule is CSc1ccc(NC(=O)C2CCCN(S(=O)(=O)c3c(C)noc3C)C2)cc1. The van der Waals surface area contributed by atoms with E-state index in [1.807, 2.05) is 30.5 Å². The lowest BCUT2D eigenvalue weighted by atomic mass is 9.99. The van der Waals surface area contributed by atoms with Crippen molar-refractivity contribution in [1.82, 2.24) is 9.46 Å². The maximum absolute atomic E-state index is 13.0. The summed E-state index contributed by atoms with van der Waals surface area (Å²) in [6, 6.07) is 7.58. The number of nitrogens with one attached hydrogen (secondary N) is 1. The average Bonchev–Trinajstić information content (AvgIpc) is 3.01. The van der Waals surface area contributed by atoms with Crippen molar-refractivity contribution in [2.75, 3.05) is 24.7 Å². The van der Waals surface area contributed by atoms with Crippen LogP contribution in [0.2, 0.25) is 0 Å². The Kier molecular flexibility index (Phi) is 5.92. The molecule has 1 aromatic carbocycles. The highest BCUT2D eigenvalue weighted by Gasteiger charge is 2.36. The van der Waals surface area contributed by atoms with E-state index < -0.39 is 15.9 Å². The van der Waals surface area contributed by atoms with Gasteiger partial charge in [0.2, 0.25) is 15.9 Å². The topological polar surface area (TPSA) is 92.5 Å². The summed E-state index contributed by atoms with van der Waals surface area (Å²) in [4.78, 5) is 13.9. The summed E-state index contributed by atoms with van der Waals surface area (Å²) in [6.45, 7) is 3.73. The molecular weight excluding hydrogens is 386 g/mol. The first-order valence-corrected chi connectivity index (χ1v) is 11.4. The molecule has 0 saturated carbocycles. The summed E-state index contributed by atoms with van der Waals surface area (Å²) in [6.07, 6.45) is 3.28. The minimum Gasteiger partial charge on any atom is -0.360 e. The summed E-state index contributed by atoms with van der Waals surface area (Å²) in [5.74, 6) is -0.284. The number of rotatable bonds is 5. The van der Waals surface area contributed by atoms with Gasteiger partial charge in [-0.1, -0.05) is 5.16 Å². The number of aryl methyl sites for hydroxylation is 2. The molecule has 2 heterocycles. The molecule has 7 nitrogen and oxygen atoms in total. The molecule has 0 aliphatic carbocycles. The maximum Gasteiger partial charge on any atom is 0.248 e. The number of aromatic nitrogens is 1. The highest BCUT2D eigenvalue weighted by molar-refractivity contribution is 7.98. The highest BCUT2D eigenvalue weighted by Crippen LogP contribution is 2.28. The number of hydrogen-bond acceptors (Lipinski definition) is 6. The van der Waals surface area contributed by atoms with E-state index in [1.165, 1.54) is 4.31 Å². The standard InChI is InChI=1S/C18H23N3O4S2/c1-12-17(13(2)25-20-12)27(23,24)21-10-4-5-14(11-21)18(22)19-15-6-8-16(26-3)9-7-15/h6-9,14H,4-5,10-11H2,1-3H3,(H,19,22). The van der Waals surface area contributed by atoms with Gasteiger partial charge in [-0.2, -0.15) is 4.31 Å². The van der Waals surface area contributed by atoms with Crippen molar-refractivity contribution in [2.45, 2.75) is 36.5 Å². The van der Waals surface area contributed by atoms with Crippen LogP contribution >= 0.6 is 11.8 Å². The first kappa shape index (κ1) is 19.9. The van der Waals surface area contributed by atoms with Crippen LogP contribution < -0.4 is 5.32 Å². The Hall–Kier alpha value is -1.84. The monoisotopic (exact) mass is 409 g/mol. The molecule has 1 N–H and O–H groups in total. The van der Waals surface area contributed by atoms with Crippen molar-refractivity contribution < 1.29 is 17.7 Å². The van der Waals surface area contributed by atoms with E-state index in [0.29, 0.717) is 30.8 Å². The predicted octanol–water partition coefficient (Wildman–Crippen LogP) is 3.05. The van der Waals surface area contributed by atoms with Gasteiger partial charge in [0.1, 0.15) is 10.6 Å². The number of anilines is 1.